The monoisotopic (exact) mass is 360 g/mol. The van der Waals surface area contributed by atoms with Crippen LogP contribution in [0.1, 0.15) is 36.8 Å². The molecular formula is C21H32N2O3. The first kappa shape index (κ1) is 20.4. The molecule has 0 N–H and O–H groups in total. The van der Waals surface area contributed by atoms with E-state index in [1.165, 1.54) is 24.7 Å². The van der Waals surface area contributed by atoms with Gasteiger partial charge >= 0.3 is 5.97 Å². The van der Waals surface area contributed by atoms with E-state index >= 15 is 0 Å². The third-order valence-corrected chi connectivity index (χ3v) is 5.29. The molecule has 1 fully saturated rings. The number of rotatable bonds is 8. The predicted octanol–water partition coefficient (Wildman–Crippen LogP) is 2.66. The van der Waals surface area contributed by atoms with Crippen LogP contribution in [0.15, 0.2) is 24.3 Å². The lowest BCUT2D eigenvalue weighted by Gasteiger charge is -2.34. The lowest BCUT2D eigenvalue weighted by Crippen LogP contribution is -2.42. The summed E-state index contributed by atoms with van der Waals surface area (Å²) in [4.78, 5) is 27.7. The molecule has 1 atom stereocenters. The minimum Gasteiger partial charge on any atom is -0.469 e. The lowest BCUT2D eigenvalue weighted by molar-refractivity contribution is -0.143. The summed E-state index contributed by atoms with van der Waals surface area (Å²) in [6.45, 7) is 6.19. The Hall–Kier alpha value is -1.88. The first-order valence-corrected chi connectivity index (χ1v) is 9.57. The number of hydrogen-bond donors (Lipinski definition) is 0. The first-order valence-electron chi connectivity index (χ1n) is 9.57. The molecule has 26 heavy (non-hydrogen) atoms. The van der Waals surface area contributed by atoms with Crippen LogP contribution in [0, 0.1) is 12.8 Å². The maximum Gasteiger partial charge on any atom is 0.306 e. The van der Waals surface area contributed by atoms with Gasteiger partial charge in [-0.3, -0.25) is 9.59 Å². The standard InChI is InChI=1S/C21H32N2O3/c1-17-7-4-5-9-19(17)12-14-23-13-6-8-18(16-23)15-22(2)20(24)10-11-21(25)26-3/h4-5,7,9,18H,6,8,10-16H2,1-3H3. The van der Waals surface area contributed by atoms with Gasteiger partial charge in [0.15, 0.2) is 0 Å². The van der Waals surface area contributed by atoms with Crippen molar-refractivity contribution >= 4 is 11.9 Å². The number of ether oxygens (including phenoxy) is 1. The van der Waals surface area contributed by atoms with Crippen LogP contribution in [0.4, 0.5) is 0 Å². The quantitative estimate of drug-likeness (QED) is 0.669. The normalized spacial score (nSPS) is 17.7. The molecule has 0 bridgehead atoms. The van der Waals surface area contributed by atoms with Gasteiger partial charge in [0.1, 0.15) is 0 Å². The minimum atomic E-state index is -0.327. The largest absolute Gasteiger partial charge is 0.469 e. The van der Waals surface area contributed by atoms with Crippen LogP contribution < -0.4 is 0 Å². The SMILES string of the molecule is COC(=O)CCC(=O)N(C)CC1CCCN(CCc2ccccc2C)C1. The molecule has 1 aliphatic heterocycles. The number of hydrogen-bond acceptors (Lipinski definition) is 4. The molecule has 1 aliphatic rings. The van der Waals surface area contributed by atoms with E-state index in [1.807, 2.05) is 7.05 Å². The van der Waals surface area contributed by atoms with E-state index in [1.54, 1.807) is 4.90 Å². The van der Waals surface area contributed by atoms with E-state index in [0.29, 0.717) is 5.92 Å². The van der Waals surface area contributed by atoms with Crippen molar-refractivity contribution < 1.29 is 14.3 Å². The van der Waals surface area contributed by atoms with Gasteiger partial charge in [0.25, 0.3) is 0 Å². The molecule has 2 rings (SSSR count). The zero-order valence-corrected chi connectivity index (χ0v) is 16.4. The van der Waals surface area contributed by atoms with Crippen LogP contribution in [-0.4, -0.2) is 62.0 Å². The number of methoxy groups -OCH3 is 1. The number of amides is 1. The van der Waals surface area contributed by atoms with Crippen molar-refractivity contribution in [2.24, 2.45) is 5.92 Å². The van der Waals surface area contributed by atoms with Crippen molar-refractivity contribution in [3.05, 3.63) is 35.4 Å². The Kier molecular flexibility index (Phi) is 8.10. The number of nitrogens with zero attached hydrogens (tertiary/aromatic N) is 2. The van der Waals surface area contributed by atoms with Gasteiger partial charge in [-0.2, -0.15) is 0 Å². The molecule has 0 aromatic heterocycles. The third-order valence-electron chi connectivity index (χ3n) is 5.29. The zero-order valence-electron chi connectivity index (χ0n) is 16.4. The van der Waals surface area contributed by atoms with Crippen LogP contribution >= 0.6 is 0 Å². The second kappa shape index (κ2) is 10.3. The molecule has 0 radical (unpaired) electrons. The average molecular weight is 360 g/mol. The molecule has 1 saturated heterocycles. The fourth-order valence-electron chi connectivity index (χ4n) is 3.66. The van der Waals surface area contributed by atoms with Gasteiger partial charge < -0.3 is 14.5 Å². The Bertz CT molecular complexity index is 603. The van der Waals surface area contributed by atoms with E-state index < -0.39 is 0 Å². The Labute approximate surface area is 157 Å². The smallest absolute Gasteiger partial charge is 0.306 e. The molecule has 1 aromatic rings. The number of carbonyl (C=O) groups excluding carboxylic acids is 2. The van der Waals surface area contributed by atoms with Gasteiger partial charge in [0, 0.05) is 33.1 Å². The number of benzene rings is 1. The number of piperidine rings is 1. The van der Waals surface area contributed by atoms with Crippen LogP contribution in [0.5, 0.6) is 0 Å². The second-order valence-corrected chi connectivity index (χ2v) is 7.34. The first-order chi connectivity index (χ1) is 12.5. The fraction of sp³-hybridized carbons (Fsp3) is 0.619. The van der Waals surface area contributed by atoms with Crippen LogP contribution in [0.3, 0.4) is 0 Å². The Morgan fingerprint density at radius 3 is 2.77 bits per heavy atom. The maximum absolute atomic E-state index is 12.2. The summed E-state index contributed by atoms with van der Waals surface area (Å²) in [5, 5.41) is 0. The summed E-state index contributed by atoms with van der Waals surface area (Å²) in [5.41, 5.74) is 2.78. The molecule has 0 saturated carbocycles. The molecule has 1 aromatic carbocycles. The average Bonchev–Trinajstić information content (AvgIpc) is 2.65. The Balaban J connectivity index is 1.76. The molecule has 5 nitrogen and oxygen atoms in total. The third kappa shape index (κ3) is 6.45. The van der Waals surface area contributed by atoms with E-state index in [0.717, 1.165) is 39.0 Å². The van der Waals surface area contributed by atoms with Gasteiger partial charge in [-0.25, -0.2) is 0 Å². The molecule has 5 heteroatoms. The highest BCUT2D eigenvalue weighted by molar-refractivity contribution is 5.81. The van der Waals surface area contributed by atoms with E-state index in [2.05, 4.69) is 40.8 Å². The van der Waals surface area contributed by atoms with Crippen molar-refractivity contribution in [3.63, 3.8) is 0 Å². The Morgan fingerprint density at radius 2 is 2.04 bits per heavy atom. The highest BCUT2D eigenvalue weighted by Gasteiger charge is 2.23. The maximum atomic E-state index is 12.2. The summed E-state index contributed by atoms with van der Waals surface area (Å²) in [5.74, 6) is 0.201. The van der Waals surface area contributed by atoms with Crippen molar-refractivity contribution in [2.75, 3.05) is 40.3 Å². The van der Waals surface area contributed by atoms with E-state index in [4.69, 9.17) is 0 Å². The minimum absolute atomic E-state index is 0.0208. The topological polar surface area (TPSA) is 49.9 Å². The Morgan fingerprint density at radius 1 is 1.27 bits per heavy atom. The molecule has 1 unspecified atom stereocenters. The van der Waals surface area contributed by atoms with Crippen molar-refractivity contribution in [1.82, 2.24) is 9.80 Å². The number of carbonyl (C=O) groups is 2. The summed E-state index contributed by atoms with van der Waals surface area (Å²) < 4.78 is 4.60. The zero-order chi connectivity index (χ0) is 18.9. The molecule has 0 aliphatic carbocycles. The van der Waals surface area contributed by atoms with Crippen molar-refractivity contribution in [1.29, 1.82) is 0 Å². The number of aryl methyl sites for hydroxylation is 1. The van der Waals surface area contributed by atoms with Crippen molar-refractivity contribution in [2.45, 2.75) is 39.0 Å². The summed E-state index contributed by atoms with van der Waals surface area (Å²) in [6, 6.07) is 8.58. The van der Waals surface area contributed by atoms with Gasteiger partial charge in [-0.1, -0.05) is 24.3 Å². The van der Waals surface area contributed by atoms with E-state index in [9.17, 15) is 9.59 Å². The molecule has 144 valence electrons. The van der Waals surface area contributed by atoms with Crippen LogP contribution in [0.2, 0.25) is 0 Å². The fourth-order valence-corrected chi connectivity index (χ4v) is 3.66. The summed E-state index contributed by atoms with van der Waals surface area (Å²) >= 11 is 0. The number of likely N-dealkylation sites (tertiary alicyclic amines) is 1. The molecule has 0 spiro atoms. The van der Waals surface area contributed by atoms with Crippen LogP contribution in [-0.2, 0) is 20.7 Å². The highest BCUT2D eigenvalue weighted by Crippen LogP contribution is 2.19. The van der Waals surface area contributed by atoms with E-state index in [-0.39, 0.29) is 24.7 Å². The predicted molar refractivity (Wildman–Crippen MR) is 103 cm³/mol. The van der Waals surface area contributed by atoms with Gasteiger partial charge in [-0.05, 0) is 49.8 Å². The van der Waals surface area contributed by atoms with Gasteiger partial charge in [0.2, 0.25) is 5.91 Å². The summed E-state index contributed by atoms with van der Waals surface area (Å²) in [7, 11) is 3.19. The number of esters is 1. The van der Waals surface area contributed by atoms with Gasteiger partial charge in [-0.15, -0.1) is 0 Å². The van der Waals surface area contributed by atoms with Crippen LogP contribution in [0.25, 0.3) is 0 Å². The van der Waals surface area contributed by atoms with Gasteiger partial charge in [0.05, 0.1) is 13.5 Å². The second-order valence-electron chi connectivity index (χ2n) is 7.34. The molecular weight excluding hydrogens is 328 g/mol. The highest BCUT2D eigenvalue weighted by atomic mass is 16.5. The van der Waals surface area contributed by atoms with Crippen molar-refractivity contribution in [3.8, 4) is 0 Å². The molecule has 1 amide bonds. The molecule has 1 heterocycles. The lowest BCUT2D eigenvalue weighted by atomic mass is 9.96. The summed E-state index contributed by atoms with van der Waals surface area (Å²) in [6.07, 6.45) is 3.81.